The van der Waals surface area contributed by atoms with Crippen LogP contribution in [0.15, 0.2) is 146 Å². The minimum Gasteiger partial charge on any atom is -0.508 e. The first-order valence-corrected chi connectivity index (χ1v) is 22.2. The van der Waals surface area contributed by atoms with Crippen molar-refractivity contribution in [2.45, 2.75) is 47.7 Å². The minimum absolute atomic E-state index is 0.00200. The van der Waals surface area contributed by atoms with E-state index in [4.69, 9.17) is 4.74 Å². The van der Waals surface area contributed by atoms with E-state index in [9.17, 15) is 61.3 Å². The quantitative estimate of drug-likeness (QED) is 0.0712. The van der Waals surface area contributed by atoms with Gasteiger partial charge in [-0.05, 0) is 117 Å². The van der Waals surface area contributed by atoms with Gasteiger partial charge in [0.05, 0.1) is 12.0 Å². The summed E-state index contributed by atoms with van der Waals surface area (Å²) in [5, 5.41) is 138. The van der Waals surface area contributed by atoms with Crippen molar-refractivity contribution >= 4 is 0 Å². The number of rotatable bonds is 7. The molecule has 0 radical (unpaired) electrons. The normalized spacial score (nSPS) is 21.4. The zero-order valence-electron chi connectivity index (χ0n) is 36.3. The first kappa shape index (κ1) is 42.9. The standard InChI is InChI=1S/C56H44O13/c57-30-9-1-25(2-10-30)44-46(29-17-34(61)19-35(62)18-29)54(55(68)27-5-13-32(59)14-6-27)53-51(44)41(66)24-42(67)52(53)49-39-21-37(64)23-43-48(39)50(56(69-43)28-7-15-33(60)16-8-28)38-20-36(63)22-40(65)47(38)45(49)26-3-11-31(58)12-4-26/h1-24,44-46,49-50,54-68H/t44-,45-,46-,49-,50-,54+,55?,56+/m1/s1. The molecule has 2 aliphatic carbocycles. The molecule has 13 nitrogen and oxygen atoms in total. The lowest BCUT2D eigenvalue weighted by molar-refractivity contribution is 0.133. The summed E-state index contributed by atoms with van der Waals surface area (Å²) < 4.78 is 6.75. The molecule has 0 bridgehead atoms. The Bertz CT molecular complexity index is 3300. The van der Waals surface area contributed by atoms with Crippen molar-refractivity contribution < 1.29 is 66.0 Å². The van der Waals surface area contributed by atoms with Crippen molar-refractivity contribution in [3.8, 4) is 69.0 Å². The molecule has 11 rings (SSSR count). The summed E-state index contributed by atoms with van der Waals surface area (Å²) >= 11 is 0. The fraction of sp³-hybridized carbons (Fsp3) is 0.143. The Labute approximate surface area is 393 Å². The molecule has 1 unspecified atom stereocenters. The van der Waals surface area contributed by atoms with Crippen LogP contribution in [-0.2, 0) is 0 Å². The summed E-state index contributed by atoms with van der Waals surface area (Å²) in [5.41, 5.74) is 4.50. The summed E-state index contributed by atoms with van der Waals surface area (Å²) in [4.78, 5) is 0. The number of fused-ring (bicyclic) bond motifs is 3. The molecule has 0 saturated carbocycles. The van der Waals surface area contributed by atoms with E-state index in [-0.39, 0.29) is 85.5 Å². The average molecular weight is 925 g/mol. The van der Waals surface area contributed by atoms with Gasteiger partial charge in [-0.2, -0.15) is 0 Å². The Morgan fingerprint density at radius 3 is 1.35 bits per heavy atom. The molecule has 0 aromatic heterocycles. The SMILES string of the molecule is Oc1ccc(C(O)[C@@H]2c3c([C@@H]4c5cc(O)cc6c5[C@@H](c5cc(O)cc(O)c5[C@H]4c4ccc(O)cc4)[C@H](c4ccc(O)cc4)O6)c(O)cc(O)c3[C@H](c3ccc(O)cc3)[C@H]2c2cc(O)cc(O)c2)cc1. The molecule has 8 aromatic rings. The third-order valence-electron chi connectivity index (χ3n) is 14.2. The fourth-order valence-corrected chi connectivity index (χ4v) is 11.7. The molecule has 8 aromatic carbocycles. The topological polar surface area (TPSA) is 252 Å². The fourth-order valence-electron chi connectivity index (χ4n) is 11.7. The van der Waals surface area contributed by atoms with Gasteiger partial charge in [-0.25, -0.2) is 0 Å². The van der Waals surface area contributed by atoms with Crippen LogP contribution in [0.4, 0.5) is 0 Å². The van der Waals surface area contributed by atoms with E-state index >= 15 is 0 Å². The van der Waals surface area contributed by atoms with Gasteiger partial charge in [0.2, 0.25) is 0 Å². The molecule has 1 aliphatic heterocycles. The van der Waals surface area contributed by atoms with Crippen molar-refractivity contribution in [2.24, 2.45) is 0 Å². The number of phenols is 11. The molecule has 0 saturated heterocycles. The Morgan fingerprint density at radius 1 is 0.333 bits per heavy atom. The Morgan fingerprint density at radius 2 is 0.783 bits per heavy atom. The lowest BCUT2D eigenvalue weighted by atomic mass is 9.69. The molecule has 13 heteroatoms. The molecule has 346 valence electrons. The Balaban J connectivity index is 1.30. The van der Waals surface area contributed by atoms with Gasteiger partial charge in [0, 0.05) is 76.1 Å². The van der Waals surface area contributed by atoms with E-state index < -0.39 is 53.5 Å². The second-order valence-corrected chi connectivity index (χ2v) is 18.2. The molecule has 1 heterocycles. The number of benzene rings is 8. The largest absolute Gasteiger partial charge is 0.508 e. The lowest BCUT2D eigenvalue weighted by Crippen LogP contribution is -2.21. The van der Waals surface area contributed by atoms with E-state index in [1.807, 2.05) is 0 Å². The van der Waals surface area contributed by atoms with Gasteiger partial charge in [0.1, 0.15) is 75.1 Å². The molecule has 0 fully saturated rings. The second-order valence-electron chi connectivity index (χ2n) is 18.2. The van der Waals surface area contributed by atoms with Gasteiger partial charge in [0.25, 0.3) is 0 Å². The monoisotopic (exact) mass is 924 g/mol. The second kappa shape index (κ2) is 16.0. The van der Waals surface area contributed by atoms with Crippen molar-refractivity contribution in [3.05, 3.63) is 212 Å². The van der Waals surface area contributed by atoms with Crippen molar-refractivity contribution in [1.29, 1.82) is 0 Å². The minimum atomic E-state index is -1.51. The number of hydrogen-bond donors (Lipinski definition) is 12. The van der Waals surface area contributed by atoms with Gasteiger partial charge in [-0.15, -0.1) is 0 Å². The molecule has 69 heavy (non-hydrogen) atoms. The van der Waals surface area contributed by atoms with Crippen molar-refractivity contribution in [2.75, 3.05) is 0 Å². The Hall–Kier alpha value is -8.68. The predicted octanol–water partition coefficient (Wildman–Crippen LogP) is 9.74. The highest BCUT2D eigenvalue weighted by atomic mass is 16.5. The van der Waals surface area contributed by atoms with Crippen LogP contribution in [0.25, 0.3) is 0 Å². The third kappa shape index (κ3) is 6.96. The van der Waals surface area contributed by atoms with Crippen LogP contribution in [0.1, 0.15) is 114 Å². The number of aliphatic hydroxyl groups is 1. The first-order valence-electron chi connectivity index (χ1n) is 22.2. The van der Waals surface area contributed by atoms with Crippen LogP contribution < -0.4 is 4.74 Å². The molecular weight excluding hydrogens is 881 g/mol. The van der Waals surface area contributed by atoms with E-state index in [0.717, 1.165) is 6.07 Å². The smallest absolute Gasteiger partial charge is 0.135 e. The third-order valence-corrected chi connectivity index (χ3v) is 14.2. The van der Waals surface area contributed by atoms with Gasteiger partial charge in [-0.1, -0.05) is 48.5 Å². The molecular formula is C56H44O13. The average Bonchev–Trinajstić information content (AvgIpc) is 3.83. The maximum atomic E-state index is 13.1. The number of ether oxygens (including phenoxy) is 1. The molecule has 8 atom stereocenters. The number of hydrogen-bond acceptors (Lipinski definition) is 13. The molecule has 3 aliphatic rings. The number of aromatic hydroxyl groups is 11. The van der Waals surface area contributed by atoms with E-state index in [2.05, 4.69) is 0 Å². The van der Waals surface area contributed by atoms with Crippen molar-refractivity contribution in [3.63, 3.8) is 0 Å². The number of aliphatic hydroxyl groups excluding tert-OH is 1. The molecule has 12 N–H and O–H groups in total. The summed E-state index contributed by atoms with van der Waals surface area (Å²) in [6.45, 7) is 0. The highest BCUT2D eigenvalue weighted by Crippen LogP contribution is 2.68. The lowest BCUT2D eigenvalue weighted by Gasteiger charge is -2.35. The van der Waals surface area contributed by atoms with E-state index in [0.29, 0.717) is 44.5 Å². The predicted molar refractivity (Wildman–Crippen MR) is 251 cm³/mol. The van der Waals surface area contributed by atoms with Crippen LogP contribution in [0.3, 0.4) is 0 Å². The van der Waals surface area contributed by atoms with Crippen molar-refractivity contribution in [1.82, 2.24) is 0 Å². The van der Waals surface area contributed by atoms with Gasteiger partial charge < -0.3 is 66.0 Å². The summed E-state index contributed by atoms with van der Waals surface area (Å²) in [6.07, 6.45) is -2.38. The maximum absolute atomic E-state index is 13.1. The van der Waals surface area contributed by atoms with Crippen LogP contribution in [0, 0.1) is 0 Å². The summed E-state index contributed by atoms with van der Waals surface area (Å²) in [5.74, 6) is -8.38. The van der Waals surface area contributed by atoms with Crippen LogP contribution in [0.5, 0.6) is 69.0 Å². The van der Waals surface area contributed by atoms with E-state index in [1.54, 1.807) is 36.4 Å². The molecule has 0 spiro atoms. The Kier molecular flexibility index (Phi) is 9.95. The summed E-state index contributed by atoms with van der Waals surface area (Å²) in [7, 11) is 0. The zero-order valence-corrected chi connectivity index (χ0v) is 36.3. The number of phenolic OH excluding ortho intramolecular Hbond substituents is 11. The van der Waals surface area contributed by atoms with Crippen LogP contribution in [0.2, 0.25) is 0 Å². The summed E-state index contributed by atoms with van der Waals surface area (Å²) in [6, 6.07) is 35.7. The van der Waals surface area contributed by atoms with Gasteiger partial charge in [-0.3, -0.25) is 0 Å². The maximum Gasteiger partial charge on any atom is 0.135 e. The van der Waals surface area contributed by atoms with Crippen LogP contribution >= 0.6 is 0 Å². The first-order chi connectivity index (χ1) is 33.1. The highest BCUT2D eigenvalue weighted by molar-refractivity contribution is 5.72. The van der Waals surface area contributed by atoms with Gasteiger partial charge in [0.15, 0.2) is 0 Å². The van der Waals surface area contributed by atoms with E-state index in [1.165, 1.54) is 103 Å². The molecule has 0 amide bonds. The zero-order chi connectivity index (χ0) is 48.2. The highest BCUT2D eigenvalue weighted by Gasteiger charge is 2.54. The van der Waals surface area contributed by atoms with Gasteiger partial charge >= 0.3 is 0 Å². The van der Waals surface area contributed by atoms with Crippen LogP contribution in [-0.4, -0.2) is 61.3 Å².